The summed E-state index contributed by atoms with van der Waals surface area (Å²) in [5, 5.41) is 10.4. The number of thiophene rings is 1. The summed E-state index contributed by atoms with van der Waals surface area (Å²) in [4.78, 5) is 34.6. The Hall–Kier alpha value is -1.89. The fourth-order valence-electron chi connectivity index (χ4n) is 1.70. The van der Waals surface area contributed by atoms with E-state index in [-0.39, 0.29) is 12.1 Å². The Labute approximate surface area is 99.4 Å². The van der Waals surface area contributed by atoms with Gasteiger partial charge in [-0.3, -0.25) is 18.7 Å². The zero-order valence-corrected chi connectivity index (χ0v) is 9.86. The van der Waals surface area contributed by atoms with Crippen molar-refractivity contribution in [2.75, 3.05) is 0 Å². The number of hydrogen-bond acceptors (Lipinski definition) is 4. The van der Waals surface area contributed by atoms with Crippen LogP contribution in [0.1, 0.15) is 6.92 Å². The Morgan fingerprint density at radius 1 is 1.41 bits per heavy atom. The average Bonchev–Trinajstić information content (AvgIpc) is 2.73. The predicted molar refractivity (Wildman–Crippen MR) is 63.7 cm³/mol. The van der Waals surface area contributed by atoms with E-state index in [2.05, 4.69) is 0 Å². The molecular formula is C10H10N2O4S. The second-order valence-corrected chi connectivity index (χ2v) is 4.36. The molecule has 0 aliphatic heterocycles. The molecule has 0 aliphatic rings. The molecule has 0 aromatic carbocycles. The molecule has 0 unspecified atom stereocenters. The first-order valence-corrected chi connectivity index (χ1v) is 5.87. The van der Waals surface area contributed by atoms with Crippen molar-refractivity contribution in [1.82, 2.24) is 9.13 Å². The molecule has 0 fully saturated rings. The number of rotatable bonds is 3. The summed E-state index contributed by atoms with van der Waals surface area (Å²) in [6.45, 7) is 1.46. The van der Waals surface area contributed by atoms with E-state index in [4.69, 9.17) is 5.11 Å². The van der Waals surface area contributed by atoms with Crippen LogP contribution in [0.25, 0.3) is 10.2 Å². The number of hydrogen-bond donors (Lipinski definition) is 1. The summed E-state index contributed by atoms with van der Waals surface area (Å²) in [5.74, 6) is -1.11. The molecule has 2 aromatic heterocycles. The zero-order chi connectivity index (χ0) is 12.6. The third kappa shape index (κ3) is 1.78. The highest BCUT2D eigenvalue weighted by molar-refractivity contribution is 7.17. The number of fused-ring (bicyclic) bond motifs is 1. The van der Waals surface area contributed by atoms with Crippen molar-refractivity contribution in [2.24, 2.45) is 0 Å². The van der Waals surface area contributed by atoms with Crippen LogP contribution in [0.4, 0.5) is 0 Å². The van der Waals surface area contributed by atoms with E-state index in [1.54, 1.807) is 18.4 Å². The van der Waals surface area contributed by atoms with Crippen molar-refractivity contribution >= 4 is 27.5 Å². The van der Waals surface area contributed by atoms with Crippen LogP contribution in [0, 0.1) is 0 Å². The standard InChI is InChI=1S/C10H10N2O4S/c1-2-11-9(15)8-6(3-4-17-8)12(10(11)16)5-7(13)14/h3-4H,2,5H2,1H3,(H,13,14). The Kier molecular flexibility index (Phi) is 2.84. The quantitative estimate of drug-likeness (QED) is 0.855. The molecule has 0 spiro atoms. The molecule has 0 atom stereocenters. The average molecular weight is 254 g/mol. The minimum atomic E-state index is -1.11. The van der Waals surface area contributed by atoms with E-state index in [0.29, 0.717) is 10.2 Å². The first-order chi connectivity index (χ1) is 8.06. The lowest BCUT2D eigenvalue weighted by Crippen LogP contribution is -2.40. The molecule has 2 heterocycles. The molecule has 0 bridgehead atoms. The summed E-state index contributed by atoms with van der Waals surface area (Å²) in [7, 11) is 0. The fourth-order valence-corrected chi connectivity index (χ4v) is 2.54. The summed E-state index contributed by atoms with van der Waals surface area (Å²) >= 11 is 1.21. The first-order valence-electron chi connectivity index (χ1n) is 4.99. The molecule has 6 nitrogen and oxygen atoms in total. The Balaban J connectivity index is 2.90. The van der Waals surface area contributed by atoms with Gasteiger partial charge in [-0.05, 0) is 18.4 Å². The molecule has 90 valence electrons. The third-order valence-corrected chi connectivity index (χ3v) is 3.34. The predicted octanol–water partition coefficient (Wildman–Crippen LogP) is 0.329. The molecule has 2 aromatic rings. The monoisotopic (exact) mass is 254 g/mol. The van der Waals surface area contributed by atoms with Gasteiger partial charge >= 0.3 is 11.7 Å². The summed E-state index contributed by atoms with van der Waals surface area (Å²) in [5.41, 5.74) is -0.549. The van der Waals surface area contributed by atoms with E-state index in [1.165, 1.54) is 11.3 Å². The van der Waals surface area contributed by atoms with Crippen LogP contribution in [-0.2, 0) is 17.9 Å². The van der Waals surface area contributed by atoms with Crippen LogP contribution in [0.3, 0.4) is 0 Å². The van der Waals surface area contributed by atoms with Crippen LogP contribution in [0.2, 0.25) is 0 Å². The maximum Gasteiger partial charge on any atom is 0.332 e. The molecule has 1 N–H and O–H groups in total. The molecule has 2 rings (SSSR count). The van der Waals surface area contributed by atoms with E-state index in [0.717, 1.165) is 9.13 Å². The Morgan fingerprint density at radius 3 is 2.71 bits per heavy atom. The van der Waals surface area contributed by atoms with Gasteiger partial charge in [0, 0.05) is 6.54 Å². The Morgan fingerprint density at radius 2 is 2.12 bits per heavy atom. The number of aromatic nitrogens is 2. The number of carboxylic acid groups (broad SMARTS) is 1. The van der Waals surface area contributed by atoms with Gasteiger partial charge in [0.25, 0.3) is 5.56 Å². The molecule has 0 aliphatic carbocycles. The summed E-state index contributed by atoms with van der Waals surface area (Å²) < 4.78 is 2.56. The molecule has 0 radical (unpaired) electrons. The molecule has 0 saturated carbocycles. The first kappa shape index (κ1) is 11.6. The second kappa shape index (κ2) is 4.17. The molecule has 17 heavy (non-hydrogen) atoms. The van der Waals surface area contributed by atoms with Crippen molar-refractivity contribution in [1.29, 1.82) is 0 Å². The highest BCUT2D eigenvalue weighted by Gasteiger charge is 2.14. The third-order valence-electron chi connectivity index (χ3n) is 2.45. The van der Waals surface area contributed by atoms with E-state index in [1.807, 2.05) is 0 Å². The van der Waals surface area contributed by atoms with Crippen molar-refractivity contribution in [2.45, 2.75) is 20.0 Å². The van der Waals surface area contributed by atoms with Gasteiger partial charge in [0.05, 0.1) is 5.52 Å². The SMILES string of the molecule is CCn1c(=O)c2sccc2n(CC(=O)O)c1=O. The smallest absolute Gasteiger partial charge is 0.332 e. The highest BCUT2D eigenvalue weighted by Crippen LogP contribution is 2.14. The van der Waals surface area contributed by atoms with Crippen molar-refractivity contribution in [3.05, 3.63) is 32.3 Å². The van der Waals surface area contributed by atoms with E-state index >= 15 is 0 Å². The van der Waals surface area contributed by atoms with E-state index < -0.39 is 18.2 Å². The number of carboxylic acids is 1. The molecule has 0 amide bonds. The van der Waals surface area contributed by atoms with Gasteiger partial charge in [-0.1, -0.05) is 0 Å². The zero-order valence-electron chi connectivity index (χ0n) is 9.04. The largest absolute Gasteiger partial charge is 0.480 e. The maximum absolute atomic E-state index is 11.9. The lowest BCUT2D eigenvalue weighted by atomic mass is 10.4. The van der Waals surface area contributed by atoms with Crippen LogP contribution >= 0.6 is 11.3 Å². The molecule has 0 saturated heterocycles. The topological polar surface area (TPSA) is 81.3 Å². The fraction of sp³-hybridized carbons (Fsp3) is 0.300. The highest BCUT2D eigenvalue weighted by atomic mass is 32.1. The molecular weight excluding hydrogens is 244 g/mol. The van der Waals surface area contributed by atoms with Crippen molar-refractivity contribution < 1.29 is 9.90 Å². The van der Waals surface area contributed by atoms with E-state index in [9.17, 15) is 14.4 Å². The number of carbonyl (C=O) groups is 1. The van der Waals surface area contributed by atoms with Crippen LogP contribution in [0.5, 0.6) is 0 Å². The van der Waals surface area contributed by atoms with Crippen LogP contribution in [-0.4, -0.2) is 20.2 Å². The minimum absolute atomic E-state index is 0.227. The maximum atomic E-state index is 11.9. The number of aliphatic carboxylic acids is 1. The normalized spacial score (nSPS) is 10.9. The Bertz CT molecular complexity index is 694. The minimum Gasteiger partial charge on any atom is -0.480 e. The van der Waals surface area contributed by atoms with Gasteiger partial charge in [0.2, 0.25) is 0 Å². The second-order valence-electron chi connectivity index (χ2n) is 3.45. The van der Waals surface area contributed by atoms with Gasteiger partial charge in [-0.15, -0.1) is 11.3 Å². The van der Waals surface area contributed by atoms with Gasteiger partial charge in [0.15, 0.2) is 0 Å². The van der Waals surface area contributed by atoms with Crippen molar-refractivity contribution in [3.63, 3.8) is 0 Å². The van der Waals surface area contributed by atoms with Crippen LogP contribution in [0.15, 0.2) is 21.0 Å². The molecule has 7 heteroatoms. The lowest BCUT2D eigenvalue weighted by molar-refractivity contribution is -0.137. The lowest BCUT2D eigenvalue weighted by Gasteiger charge is -2.08. The van der Waals surface area contributed by atoms with Gasteiger partial charge < -0.3 is 5.11 Å². The van der Waals surface area contributed by atoms with Gasteiger partial charge in [-0.25, -0.2) is 4.79 Å². The number of nitrogens with zero attached hydrogens (tertiary/aromatic N) is 2. The van der Waals surface area contributed by atoms with Crippen LogP contribution < -0.4 is 11.2 Å². The van der Waals surface area contributed by atoms with Gasteiger partial charge in [0.1, 0.15) is 11.2 Å². The summed E-state index contributed by atoms with van der Waals surface area (Å²) in [6.07, 6.45) is 0. The summed E-state index contributed by atoms with van der Waals surface area (Å²) in [6, 6.07) is 1.59. The van der Waals surface area contributed by atoms with Crippen molar-refractivity contribution in [3.8, 4) is 0 Å². The van der Waals surface area contributed by atoms with Gasteiger partial charge in [-0.2, -0.15) is 0 Å².